The van der Waals surface area contributed by atoms with Crippen molar-refractivity contribution >= 4 is 34.7 Å². The van der Waals surface area contributed by atoms with Crippen LogP contribution in [-0.2, 0) is 17.7 Å². The molecule has 0 saturated carbocycles. The third-order valence-corrected chi connectivity index (χ3v) is 6.47. The lowest BCUT2D eigenvalue weighted by Crippen LogP contribution is -2.40. The van der Waals surface area contributed by atoms with Gasteiger partial charge in [0.05, 0.1) is 11.4 Å². The van der Waals surface area contributed by atoms with E-state index in [1.54, 1.807) is 36.1 Å². The summed E-state index contributed by atoms with van der Waals surface area (Å²) in [4.78, 5) is 44.6. The van der Waals surface area contributed by atoms with Crippen molar-refractivity contribution in [2.75, 3.05) is 6.54 Å². The Hall–Kier alpha value is -4.18. The molecule has 38 heavy (non-hydrogen) atoms. The van der Waals surface area contributed by atoms with Gasteiger partial charge in [-0.25, -0.2) is 19.3 Å². The van der Waals surface area contributed by atoms with Crippen LogP contribution >= 0.6 is 11.6 Å². The van der Waals surface area contributed by atoms with Crippen LogP contribution in [0.5, 0.6) is 0 Å². The number of halogens is 1. The number of carbonyl (C=O) groups excluding carboxylic acids is 1. The topological polar surface area (TPSA) is 120 Å². The van der Waals surface area contributed by atoms with Gasteiger partial charge in [0.25, 0.3) is 5.56 Å². The maximum atomic E-state index is 13.9. The Kier molecular flexibility index (Phi) is 6.22. The maximum absolute atomic E-state index is 13.9. The first kappa shape index (κ1) is 25.5. The summed E-state index contributed by atoms with van der Waals surface area (Å²) in [5.41, 5.74) is 1.54. The molecule has 1 amide bonds. The molecular formula is C27H26ClN5O5. The molecular weight excluding hydrogens is 510 g/mol. The molecule has 2 aromatic carbocycles. The van der Waals surface area contributed by atoms with E-state index in [1.165, 1.54) is 9.25 Å². The molecule has 10 nitrogen and oxygen atoms in total. The Morgan fingerprint density at radius 2 is 1.84 bits per heavy atom. The number of aryl methyl sites for hydroxylation is 1. The number of carboxylic acid groups (broad SMARTS) is 1. The van der Waals surface area contributed by atoms with Gasteiger partial charge in [-0.15, -0.1) is 0 Å². The van der Waals surface area contributed by atoms with Crippen molar-refractivity contribution in [2.24, 2.45) is 0 Å². The molecule has 0 aliphatic carbocycles. The Labute approximate surface area is 223 Å². The quantitative estimate of drug-likeness (QED) is 0.409. The maximum Gasteiger partial charge on any atom is 0.410 e. The highest BCUT2D eigenvalue weighted by molar-refractivity contribution is 6.30. The zero-order valence-corrected chi connectivity index (χ0v) is 22.1. The molecule has 2 aromatic heterocycles. The Balaban J connectivity index is 1.63. The molecule has 4 aromatic rings. The minimum Gasteiger partial charge on any atom is -0.476 e. The number of fused-ring (bicyclic) bond motifs is 2. The van der Waals surface area contributed by atoms with E-state index in [-0.39, 0.29) is 16.7 Å². The van der Waals surface area contributed by atoms with Crippen molar-refractivity contribution < 1.29 is 19.4 Å². The summed E-state index contributed by atoms with van der Waals surface area (Å²) in [6.45, 7) is 7.97. The van der Waals surface area contributed by atoms with Crippen molar-refractivity contribution in [3.63, 3.8) is 0 Å². The van der Waals surface area contributed by atoms with Gasteiger partial charge >= 0.3 is 12.1 Å². The van der Waals surface area contributed by atoms with Crippen LogP contribution in [0.4, 0.5) is 4.79 Å². The number of rotatable bonds is 3. The van der Waals surface area contributed by atoms with Gasteiger partial charge in [-0.05, 0) is 75.6 Å². The fraction of sp³-hybridized carbons (Fsp3) is 0.296. The summed E-state index contributed by atoms with van der Waals surface area (Å²) < 4.78 is 8.22. The average Bonchev–Trinajstić information content (AvgIpc) is 3.22. The van der Waals surface area contributed by atoms with Crippen molar-refractivity contribution in [1.82, 2.24) is 24.2 Å². The van der Waals surface area contributed by atoms with E-state index in [1.807, 2.05) is 39.0 Å². The number of benzene rings is 2. The van der Waals surface area contributed by atoms with E-state index >= 15 is 0 Å². The zero-order chi connectivity index (χ0) is 27.4. The van der Waals surface area contributed by atoms with Crippen LogP contribution in [0.1, 0.15) is 48.2 Å². The normalized spacial score (nSPS) is 13.4. The Bertz CT molecular complexity index is 1670. The van der Waals surface area contributed by atoms with Gasteiger partial charge in [-0.1, -0.05) is 23.7 Å². The van der Waals surface area contributed by atoms with Crippen molar-refractivity contribution in [1.29, 1.82) is 0 Å². The number of aromatic carboxylic acids is 1. The third-order valence-electron chi connectivity index (χ3n) is 6.23. The molecule has 0 unspecified atom stereocenters. The van der Waals surface area contributed by atoms with E-state index in [2.05, 4.69) is 10.1 Å². The van der Waals surface area contributed by atoms with Crippen molar-refractivity contribution in [3.8, 4) is 11.4 Å². The van der Waals surface area contributed by atoms with E-state index in [0.29, 0.717) is 41.7 Å². The number of carboxylic acids is 1. The van der Waals surface area contributed by atoms with Gasteiger partial charge in [0.2, 0.25) is 0 Å². The van der Waals surface area contributed by atoms with E-state index in [0.717, 1.165) is 11.1 Å². The highest BCUT2D eigenvalue weighted by Gasteiger charge is 2.27. The third kappa shape index (κ3) is 4.63. The molecule has 1 N–H and O–H groups in total. The SMILES string of the molecule is Cc1nc2c(C(=O)O)nn(-c3cccc(Cl)c3)c2c(=O)n1-c1ccc2c(c1)CN(C(=O)OC(C)(C)C)CC2. The number of carbonyl (C=O) groups is 2. The molecule has 0 fully saturated rings. The number of ether oxygens (including phenoxy) is 1. The summed E-state index contributed by atoms with van der Waals surface area (Å²) in [6, 6.07) is 12.2. The molecule has 1 aliphatic rings. The molecule has 0 atom stereocenters. The standard InChI is InChI=1S/C27H26ClN5O5/c1-15-29-21-22(25(35)36)30-33(20-7-5-6-18(28)13-20)23(21)24(34)32(15)19-9-8-16-10-11-31(14-17(16)12-19)26(37)38-27(2,3)4/h5-9,12-13H,10-11,14H2,1-4H3,(H,35,36). The average molecular weight is 536 g/mol. The van der Waals surface area contributed by atoms with E-state index in [4.69, 9.17) is 16.3 Å². The molecule has 0 radical (unpaired) electrons. The summed E-state index contributed by atoms with van der Waals surface area (Å²) in [5.74, 6) is -0.994. The number of amides is 1. The number of hydrogen-bond donors (Lipinski definition) is 1. The van der Waals surface area contributed by atoms with Crippen molar-refractivity contribution in [3.05, 3.63) is 80.5 Å². The smallest absolute Gasteiger partial charge is 0.410 e. The van der Waals surface area contributed by atoms with Gasteiger partial charge in [0.15, 0.2) is 11.2 Å². The summed E-state index contributed by atoms with van der Waals surface area (Å²) in [5, 5.41) is 14.3. The predicted molar refractivity (Wildman–Crippen MR) is 142 cm³/mol. The van der Waals surface area contributed by atoms with Crippen molar-refractivity contribution in [2.45, 2.75) is 46.3 Å². The number of nitrogens with zero attached hydrogens (tertiary/aromatic N) is 5. The largest absolute Gasteiger partial charge is 0.476 e. The minimum absolute atomic E-state index is 0.00899. The molecule has 0 saturated heterocycles. The van der Waals surface area contributed by atoms with Crippen LogP contribution in [0.25, 0.3) is 22.4 Å². The molecule has 5 rings (SSSR count). The van der Waals surface area contributed by atoms with Gasteiger partial charge in [-0.2, -0.15) is 5.10 Å². The second-order valence-corrected chi connectivity index (χ2v) is 10.6. The summed E-state index contributed by atoms with van der Waals surface area (Å²) in [7, 11) is 0. The van der Waals surface area contributed by atoms with Gasteiger partial charge < -0.3 is 14.7 Å². The fourth-order valence-corrected chi connectivity index (χ4v) is 4.76. The van der Waals surface area contributed by atoms with Crippen LogP contribution in [0.2, 0.25) is 5.02 Å². The Morgan fingerprint density at radius 3 is 2.53 bits per heavy atom. The lowest BCUT2D eigenvalue weighted by molar-refractivity contribution is 0.0223. The lowest BCUT2D eigenvalue weighted by atomic mass is 9.99. The number of aromatic nitrogens is 4. The monoisotopic (exact) mass is 535 g/mol. The fourth-order valence-electron chi connectivity index (χ4n) is 4.58. The predicted octanol–water partition coefficient (Wildman–Crippen LogP) is 4.52. The first-order valence-corrected chi connectivity index (χ1v) is 12.4. The van der Waals surface area contributed by atoms with Crippen LogP contribution in [0.15, 0.2) is 47.3 Å². The van der Waals surface area contributed by atoms with Crippen LogP contribution < -0.4 is 5.56 Å². The van der Waals surface area contributed by atoms with E-state index in [9.17, 15) is 19.5 Å². The first-order valence-electron chi connectivity index (χ1n) is 12.0. The highest BCUT2D eigenvalue weighted by Crippen LogP contribution is 2.26. The van der Waals surface area contributed by atoms with Crippen LogP contribution in [-0.4, -0.2) is 53.5 Å². The highest BCUT2D eigenvalue weighted by atomic mass is 35.5. The molecule has 196 valence electrons. The van der Waals surface area contributed by atoms with Gasteiger partial charge in [0.1, 0.15) is 16.9 Å². The van der Waals surface area contributed by atoms with E-state index < -0.39 is 23.2 Å². The summed E-state index contributed by atoms with van der Waals surface area (Å²) >= 11 is 6.15. The molecule has 3 heterocycles. The second kappa shape index (κ2) is 9.29. The minimum atomic E-state index is -1.30. The molecule has 11 heteroatoms. The molecule has 0 spiro atoms. The zero-order valence-electron chi connectivity index (χ0n) is 21.4. The van der Waals surface area contributed by atoms with Crippen LogP contribution in [0.3, 0.4) is 0 Å². The molecule has 1 aliphatic heterocycles. The Morgan fingerprint density at radius 1 is 1.08 bits per heavy atom. The number of hydrogen-bond acceptors (Lipinski definition) is 6. The van der Waals surface area contributed by atoms with Gasteiger partial charge in [-0.3, -0.25) is 9.36 Å². The first-order chi connectivity index (χ1) is 17.9. The summed E-state index contributed by atoms with van der Waals surface area (Å²) in [6.07, 6.45) is 0.264. The van der Waals surface area contributed by atoms with Crippen LogP contribution in [0, 0.1) is 6.92 Å². The molecule has 0 bridgehead atoms. The second-order valence-electron chi connectivity index (χ2n) is 10.1. The van der Waals surface area contributed by atoms with Gasteiger partial charge in [0, 0.05) is 18.1 Å². The lowest BCUT2D eigenvalue weighted by Gasteiger charge is -2.31.